The van der Waals surface area contributed by atoms with E-state index in [-0.39, 0.29) is 11.9 Å². The van der Waals surface area contributed by atoms with Gasteiger partial charge in [0.25, 0.3) is 0 Å². The SMILES string of the molecule is Cn1ccc(CC23CC(CN2C(=O)OC(C)(C)C)NC3=O)n1. The van der Waals surface area contributed by atoms with Crippen molar-refractivity contribution < 1.29 is 14.3 Å². The number of aromatic nitrogens is 2. The molecule has 2 saturated heterocycles. The molecule has 3 heterocycles. The molecule has 1 aromatic heterocycles. The third-order valence-electron chi connectivity index (χ3n) is 4.12. The van der Waals surface area contributed by atoms with Crippen LogP contribution in [0.15, 0.2) is 12.3 Å². The molecule has 2 unspecified atom stereocenters. The van der Waals surface area contributed by atoms with Gasteiger partial charge in [0.2, 0.25) is 5.91 Å². The number of likely N-dealkylation sites (tertiary alicyclic amines) is 1. The fourth-order valence-corrected chi connectivity index (χ4v) is 3.28. The molecule has 1 N–H and O–H groups in total. The van der Waals surface area contributed by atoms with Gasteiger partial charge in [-0.2, -0.15) is 5.10 Å². The topological polar surface area (TPSA) is 76.5 Å². The van der Waals surface area contributed by atoms with Crippen molar-refractivity contribution in [2.75, 3.05) is 6.54 Å². The predicted molar refractivity (Wildman–Crippen MR) is 79.1 cm³/mol. The molecule has 2 aliphatic heterocycles. The van der Waals surface area contributed by atoms with E-state index in [1.807, 2.05) is 40.1 Å². The quantitative estimate of drug-likeness (QED) is 0.878. The van der Waals surface area contributed by atoms with Gasteiger partial charge in [-0.15, -0.1) is 0 Å². The number of fused-ring (bicyclic) bond motifs is 2. The number of amides is 2. The fourth-order valence-electron chi connectivity index (χ4n) is 3.28. The second-order valence-electron chi connectivity index (χ2n) is 7.15. The summed E-state index contributed by atoms with van der Waals surface area (Å²) in [6.45, 7) is 5.97. The first-order valence-corrected chi connectivity index (χ1v) is 7.50. The van der Waals surface area contributed by atoms with Crippen molar-refractivity contribution in [2.24, 2.45) is 7.05 Å². The Morgan fingerprint density at radius 2 is 2.27 bits per heavy atom. The third kappa shape index (κ3) is 2.44. The summed E-state index contributed by atoms with van der Waals surface area (Å²) in [7, 11) is 1.83. The second-order valence-corrected chi connectivity index (χ2v) is 7.15. The molecule has 0 aromatic carbocycles. The Morgan fingerprint density at radius 1 is 1.55 bits per heavy atom. The lowest BCUT2D eigenvalue weighted by atomic mass is 9.91. The molecule has 0 radical (unpaired) electrons. The van der Waals surface area contributed by atoms with Gasteiger partial charge in [-0.05, 0) is 26.8 Å². The van der Waals surface area contributed by atoms with Gasteiger partial charge in [0, 0.05) is 38.7 Å². The first kappa shape index (κ1) is 14.9. The van der Waals surface area contributed by atoms with Crippen LogP contribution in [0.1, 0.15) is 32.9 Å². The maximum Gasteiger partial charge on any atom is 0.411 e. The minimum Gasteiger partial charge on any atom is -0.444 e. The van der Waals surface area contributed by atoms with Crippen LogP contribution in [0, 0.1) is 0 Å². The van der Waals surface area contributed by atoms with Crippen LogP contribution in [-0.2, 0) is 23.0 Å². The number of rotatable bonds is 2. The van der Waals surface area contributed by atoms with E-state index in [0.29, 0.717) is 19.4 Å². The largest absolute Gasteiger partial charge is 0.444 e. The molecule has 0 aliphatic carbocycles. The van der Waals surface area contributed by atoms with Crippen LogP contribution in [0.3, 0.4) is 0 Å². The molecule has 0 spiro atoms. The van der Waals surface area contributed by atoms with E-state index in [2.05, 4.69) is 10.4 Å². The minimum absolute atomic E-state index is 0.00345. The molecule has 22 heavy (non-hydrogen) atoms. The highest BCUT2D eigenvalue weighted by Gasteiger charge is 2.60. The summed E-state index contributed by atoms with van der Waals surface area (Å²) in [5.74, 6) is -0.111. The summed E-state index contributed by atoms with van der Waals surface area (Å²) in [5, 5.41) is 7.29. The van der Waals surface area contributed by atoms with Gasteiger partial charge in [-0.25, -0.2) is 4.79 Å². The van der Waals surface area contributed by atoms with Gasteiger partial charge in [-0.1, -0.05) is 0 Å². The first-order chi connectivity index (χ1) is 10.2. The lowest BCUT2D eigenvalue weighted by Crippen LogP contribution is -2.60. The molecule has 7 heteroatoms. The summed E-state index contributed by atoms with van der Waals surface area (Å²) in [6, 6.07) is 1.88. The molecule has 2 amide bonds. The molecule has 1 aromatic rings. The molecular weight excluding hydrogens is 284 g/mol. The lowest BCUT2D eigenvalue weighted by Gasteiger charge is -2.37. The van der Waals surface area contributed by atoms with E-state index in [0.717, 1.165) is 5.69 Å². The number of hydrogen-bond donors (Lipinski definition) is 1. The maximum atomic E-state index is 12.5. The van der Waals surface area contributed by atoms with Crippen molar-refractivity contribution in [2.45, 2.75) is 50.8 Å². The van der Waals surface area contributed by atoms with E-state index < -0.39 is 17.2 Å². The van der Waals surface area contributed by atoms with Crippen LogP contribution in [-0.4, -0.2) is 50.4 Å². The average Bonchev–Trinajstić information content (AvgIpc) is 3.00. The standard InChI is InChI=1S/C15H22N4O3/c1-14(2,3)22-13(21)19-9-11-8-15(19,12(20)16-11)7-10-5-6-18(4)17-10/h5-6,11H,7-9H2,1-4H3,(H,16,20). The van der Waals surface area contributed by atoms with Crippen LogP contribution in [0.2, 0.25) is 0 Å². The monoisotopic (exact) mass is 306 g/mol. The molecule has 2 atom stereocenters. The summed E-state index contributed by atoms with van der Waals surface area (Å²) in [4.78, 5) is 26.5. The average molecular weight is 306 g/mol. The Labute approximate surface area is 129 Å². The van der Waals surface area contributed by atoms with E-state index in [9.17, 15) is 9.59 Å². The van der Waals surface area contributed by atoms with Gasteiger partial charge in [-0.3, -0.25) is 14.4 Å². The highest BCUT2D eigenvalue weighted by atomic mass is 16.6. The number of nitrogens with zero attached hydrogens (tertiary/aromatic N) is 3. The Kier molecular flexibility index (Phi) is 3.19. The zero-order chi connectivity index (χ0) is 16.1. The molecule has 120 valence electrons. The fraction of sp³-hybridized carbons (Fsp3) is 0.667. The van der Waals surface area contributed by atoms with Crippen LogP contribution >= 0.6 is 0 Å². The van der Waals surface area contributed by atoms with E-state index in [1.165, 1.54) is 0 Å². The van der Waals surface area contributed by atoms with Gasteiger partial charge < -0.3 is 10.1 Å². The van der Waals surface area contributed by atoms with Gasteiger partial charge >= 0.3 is 6.09 Å². The van der Waals surface area contributed by atoms with Crippen molar-refractivity contribution in [3.63, 3.8) is 0 Å². The lowest BCUT2D eigenvalue weighted by molar-refractivity contribution is -0.131. The van der Waals surface area contributed by atoms with E-state index in [4.69, 9.17) is 4.74 Å². The van der Waals surface area contributed by atoms with E-state index >= 15 is 0 Å². The van der Waals surface area contributed by atoms with Crippen molar-refractivity contribution in [3.05, 3.63) is 18.0 Å². The van der Waals surface area contributed by atoms with Crippen LogP contribution in [0.25, 0.3) is 0 Å². The zero-order valence-electron chi connectivity index (χ0n) is 13.4. The number of ether oxygens (including phenoxy) is 1. The van der Waals surface area contributed by atoms with Crippen molar-refractivity contribution in [1.29, 1.82) is 0 Å². The normalized spacial score (nSPS) is 27.2. The number of aryl methyl sites for hydroxylation is 1. The predicted octanol–water partition coefficient (Wildman–Crippen LogP) is 0.841. The molecule has 0 saturated carbocycles. The summed E-state index contributed by atoms with van der Waals surface area (Å²) in [6.07, 6.45) is 2.43. The smallest absolute Gasteiger partial charge is 0.411 e. The summed E-state index contributed by atoms with van der Waals surface area (Å²) in [5.41, 5.74) is -0.656. The Hall–Kier alpha value is -2.05. The van der Waals surface area contributed by atoms with E-state index in [1.54, 1.807) is 9.58 Å². The van der Waals surface area contributed by atoms with Gasteiger partial charge in [0.05, 0.1) is 5.69 Å². The third-order valence-corrected chi connectivity index (χ3v) is 4.12. The molecule has 3 rings (SSSR count). The number of carbonyl (C=O) groups is 2. The van der Waals surface area contributed by atoms with Crippen molar-refractivity contribution >= 4 is 12.0 Å². The summed E-state index contributed by atoms with van der Waals surface area (Å²) < 4.78 is 7.17. The molecule has 2 fully saturated rings. The zero-order valence-corrected chi connectivity index (χ0v) is 13.4. The molecular formula is C15H22N4O3. The number of carbonyl (C=O) groups excluding carboxylic acids is 2. The first-order valence-electron chi connectivity index (χ1n) is 7.50. The Balaban J connectivity index is 1.87. The minimum atomic E-state index is -0.874. The van der Waals surface area contributed by atoms with Crippen LogP contribution < -0.4 is 5.32 Å². The van der Waals surface area contributed by atoms with Crippen LogP contribution in [0.4, 0.5) is 4.79 Å². The highest BCUT2D eigenvalue weighted by molar-refractivity contribution is 5.94. The molecule has 7 nitrogen and oxygen atoms in total. The maximum absolute atomic E-state index is 12.5. The summed E-state index contributed by atoms with van der Waals surface area (Å²) >= 11 is 0. The number of piperazine rings is 1. The van der Waals surface area contributed by atoms with Gasteiger partial charge in [0.1, 0.15) is 11.1 Å². The number of nitrogens with one attached hydrogen (secondary N) is 1. The van der Waals surface area contributed by atoms with Crippen molar-refractivity contribution in [1.82, 2.24) is 20.0 Å². The second kappa shape index (κ2) is 4.72. The highest BCUT2D eigenvalue weighted by Crippen LogP contribution is 2.38. The number of hydrogen-bond acceptors (Lipinski definition) is 4. The Bertz CT molecular complexity index is 619. The molecule has 2 bridgehead atoms. The Morgan fingerprint density at radius 3 is 2.82 bits per heavy atom. The van der Waals surface area contributed by atoms with Gasteiger partial charge in [0.15, 0.2) is 0 Å². The molecule has 2 aliphatic rings. The van der Waals surface area contributed by atoms with Crippen LogP contribution in [0.5, 0.6) is 0 Å². The van der Waals surface area contributed by atoms with Crippen molar-refractivity contribution in [3.8, 4) is 0 Å².